The topological polar surface area (TPSA) is 88.2 Å². The predicted octanol–water partition coefficient (Wildman–Crippen LogP) is 2.34. The van der Waals surface area contributed by atoms with Crippen LogP contribution < -0.4 is 0 Å². The second-order valence-corrected chi connectivity index (χ2v) is 4.36. The molecule has 0 atom stereocenters. The molecule has 0 saturated heterocycles. The quantitative estimate of drug-likeness (QED) is 0.769. The Morgan fingerprint density at radius 2 is 1.95 bits per heavy atom. The zero-order valence-electron chi connectivity index (χ0n) is 10.8. The van der Waals surface area contributed by atoms with Crippen LogP contribution >= 0.6 is 0 Å². The van der Waals surface area contributed by atoms with Gasteiger partial charge in [0.25, 0.3) is 0 Å². The fourth-order valence-corrected chi connectivity index (χ4v) is 2.02. The number of carbonyl (C=O) groups is 1. The third-order valence-corrected chi connectivity index (χ3v) is 3.00. The van der Waals surface area contributed by atoms with Crippen LogP contribution in [0.1, 0.15) is 10.5 Å². The van der Waals surface area contributed by atoms with Crippen LogP contribution in [0.4, 0.5) is 0 Å². The van der Waals surface area contributed by atoms with Gasteiger partial charge in [0, 0.05) is 18.0 Å². The molecule has 0 spiro atoms. The van der Waals surface area contributed by atoms with Gasteiger partial charge in [-0.15, -0.1) is 0 Å². The summed E-state index contributed by atoms with van der Waals surface area (Å²) in [4.78, 5) is 15.4. The van der Waals surface area contributed by atoms with Gasteiger partial charge in [0.2, 0.25) is 0 Å². The summed E-state index contributed by atoms with van der Waals surface area (Å²) in [6, 6.07) is 11.4. The highest BCUT2D eigenvalue weighted by Gasteiger charge is 2.18. The first-order chi connectivity index (χ1) is 10.2. The largest absolute Gasteiger partial charge is 0.506 e. The highest BCUT2D eigenvalue weighted by atomic mass is 16.4. The Balaban J connectivity index is 2.19. The van der Waals surface area contributed by atoms with E-state index in [4.69, 9.17) is 0 Å². The van der Waals surface area contributed by atoms with Gasteiger partial charge in [0.1, 0.15) is 11.4 Å². The summed E-state index contributed by atoms with van der Waals surface area (Å²) in [5.74, 6) is -1.17. The molecule has 0 radical (unpaired) electrons. The number of nitrogens with zero attached hydrogens (tertiary/aromatic N) is 3. The molecule has 2 aromatic heterocycles. The number of carboxylic acids is 1. The molecule has 3 aromatic rings. The van der Waals surface area contributed by atoms with E-state index >= 15 is 0 Å². The number of benzene rings is 1. The smallest absolute Gasteiger partial charge is 0.354 e. The Morgan fingerprint density at radius 3 is 2.62 bits per heavy atom. The van der Waals surface area contributed by atoms with Crippen molar-refractivity contribution in [3.05, 3.63) is 60.6 Å². The van der Waals surface area contributed by atoms with Crippen LogP contribution in [0.3, 0.4) is 0 Å². The highest BCUT2D eigenvalue weighted by molar-refractivity contribution is 5.88. The van der Waals surface area contributed by atoms with Crippen molar-refractivity contribution < 1.29 is 15.0 Å². The lowest BCUT2D eigenvalue weighted by molar-refractivity contribution is 0.0687. The first-order valence-electron chi connectivity index (χ1n) is 6.19. The molecule has 0 aliphatic carbocycles. The number of phenolic OH excluding ortho intramolecular Hbond substituents is 1. The summed E-state index contributed by atoms with van der Waals surface area (Å²) < 4.78 is 1.21. The zero-order chi connectivity index (χ0) is 14.8. The number of phenols is 1. The molecular weight excluding hydrogens is 270 g/mol. The summed E-state index contributed by atoms with van der Waals surface area (Å²) in [7, 11) is 0. The number of aromatic carboxylic acids is 1. The Bertz CT molecular complexity index is 797. The minimum absolute atomic E-state index is 0.0321. The minimum atomic E-state index is -1.12. The van der Waals surface area contributed by atoms with Gasteiger partial charge in [0.05, 0.1) is 5.69 Å². The molecule has 6 nitrogen and oxygen atoms in total. The lowest BCUT2D eigenvalue weighted by Crippen LogP contribution is -2.07. The van der Waals surface area contributed by atoms with E-state index in [-0.39, 0.29) is 11.4 Å². The molecule has 2 N–H and O–H groups in total. The van der Waals surface area contributed by atoms with E-state index in [1.54, 1.807) is 42.7 Å². The van der Waals surface area contributed by atoms with Crippen molar-refractivity contribution in [3.8, 4) is 22.7 Å². The van der Waals surface area contributed by atoms with Crippen molar-refractivity contribution in [2.45, 2.75) is 0 Å². The van der Waals surface area contributed by atoms with E-state index in [0.717, 1.165) is 0 Å². The van der Waals surface area contributed by atoms with Crippen LogP contribution in [0.15, 0.2) is 54.9 Å². The van der Waals surface area contributed by atoms with E-state index in [0.29, 0.717) is 16.9 Å². The molecule has 6 heteroatoms. The SMILES string of the molecule is O=C(O)c1cc(-c2cccnc2)nn1-c1ccccc1O. The van der Waals surface area contributed by atoms with Gasteiger partial charge in [0.15, 0.2) is 5.69 Å². The van der Waals surface area contributed by atoms with Crippen molar-refractivity contribution in [2.24, 2.45) is 0 Å². The van der Waals surface area contributed by atoms with Crippen molar-refractivity contribution in [1.29, 1.82) is 0 Å². The average Bonchev–Trinajstić information content (AvgIpc) is 2.94. The summed E-state index contributed by atoms with van der Waals surface area (Å²) >= 11 is 0. The number of hydrogen-bond acceptors (Lipinski definition) is 4. The number of carboxylic acid groups (broad SMARTS) is 1. The average molecular weight is 281 g/mol. The lowest BCUT2D eigenvalue weighted by atomic mass is 10.2. The minimum Gasteiger partial charge on any atom is -0.506 e. The van der Waals surface area contributed by atoms with Gasteiger partial charge in [-0.3, -0.25) is 4.98 Å². The van der Waals surface area contributed by atoms with Crippen LogP contribution in [-0.2, 0) is 0 Å². The maximum absolute atomic E-state index is 11.4. The van der Waals surface area contributed by atoms with Gasteiger partial charge >= 0.3 is 5.97 Å². The molecule has 21 heavy (non-hydrogen) atoms. The van der Waals surface area contributed by atoms with Crippen molar-refractivity contribution >= 4 is 5.97 Å². The molecule has 2 heterocycles. The summed E-state index contributed by atoms with van der Waals surface area (Å²) in [6.45, 7) is 0. The number of para-hydroxylation sites is 2. The molecule has 104 valence electrons. The maximum Gasteiger partial charge on any atom is 0.354 e. The number of aromatic hydroxyl groups is 1. The summed E-state index contributed by atoms with van der Waals surface area (Å²) in [6.07, 6.45) is 3.23. The Kier molecular flexibility index (Phi) is 3.12. The molecule has 0 aliphatic heterocycles. The van der Waals surface area contributed by atoms with E-state index in [1.165, 1.54) is 16.8 Å². The number of hydrogen-bond donors (Lipinski definition) is 2. The Hall–Kier alpha value is -3.15. The molecule has 0 amide bonds. The fourth-order valence-electron chi connectivity index (χ4n) is 2.02. The standard InChI is InChI=1S/C15H11N3O3/c19-14-6-2-1-5-12(14)18-13(15(20)21)8-11(17-18)10-4-3-7-16-9-10/h1-9,19H,(H,20,21). The van der Waals surface area contributed by atoms with Gasteiger partial charge in [-0.25, -0.2) is 9.48 Å². The molecule has 0 bridgehead atoms. The first kappa shape index (κ1) is 12.9. The summed E-state index contributed by atoms with van der Waals surface area (Å²) in [5, 5.41) is 23.5. The van der Waals surface area contributed by atoms with E-state index in [2.05, 4.69) is 10.1 Å². The van der Waals surface area contributed by atoms with Crippen molar-refractivity contribution in [1.82, 2.24) is 14.8 Å². The second-order valence-electron chi connectivity index (χ2n) is 4.36. The third kappa shape index (κ3) is 2.34. The van der Waals surface area contributed by atoms with Gasteiger partial charge in [-0.05, 0) is 30.3 Å². The number of aromatic nitrogens is 3. The lowest BCUT2D eigenvalue weighted by Gasteiger charge is -2.06. The Labute approximate surface area is 119 Å². The number of pyridine rings is 1. The normalized spacial score (nSPS) is 10.5. The zero-order valence-corrected chi connectivity index (χ0v) is 10.8. The van der Waals surface area contributed by atoms with Crippen LogP contribution in [-0.4, -0.2) is 30.9 Å². The van der Waals surface area contributed by atoms with Crippen molar-refractivity contribution in [3.63, 3.8) is 0 Å². The van der Waals surface area contributed by atoms with E-state index in [1.807, 2.05) is 0 Å². The van der Waals surface area contributed by atoms with Crippen LogP contribution in [0.5, 0.6) is 5.75 Å². The molecular formula is C15H11N3O3. The van der Waals surface area contributed by atoms with Gasteiger partial charge < -0.3 is 10.2 Å². The molecule has 0 aliphatic rings. The monoisotopic (exact) mass is 281 g/mol. The number of rotatable bonds is 3. The maximum atomic E-state index is 11.4. The Morgan fingerprint density at radius 1 is 1.14 bits per heavy atom. The van der Waals surface area contributed by atoms with Crippen molar-refractivity contribution in [2.75, 3.05) is 0 Å². The highest BCUT2D eigenvalue weighted by Crippen LogP contribution is 2.25. The first-order valence-corrected chi connectivity index (χ1v) is 6.19. The molecule has 3 rings (SSSR count). The van der Waals surface area contributed by atoms with Crippen LogP contribution in [0.25, 0.3) is 16.9 Å². The molecule has 0 saturated carbocycles. The predicted molar refractivity (Wildman–Crippen MR) is 75.4 cm³/mol. The molecule has 0 fully saturated rings. The fraction of sp³-hybridized carbons (Fsp3) is 0. The summed E-state index contributed by atoms with van der Waals surface area (Å²) in [5.41, 5.74) is 1.46. The van der Waals surface area contributed by atoms with Gasteiger partial charge in [-0.2, -0.15) is 5.10 Å². The molecule has 1 aromatic carbocycles. The third-order valence-electron chi connectivity index (χ3n) is 3.00. The van der Waals surface area contributed by atoms with Gasteiger partial charge in [-0.1, -0.05) is 12.1 Å². The van der Waals surface area contributed by atoms with E-state index < -0.39 is 5.97 Å². The van der Waals surface area contributed by atoms with Crippen LogP contribution in [0.2, 0.25) is 0 Å². The van der Waals surface area contributed by atoms with Crippen LogP contribution in [0, 0.1) is 0 Å². The van der Waals surface area contributed by atoms with E-state index in [9.17, 15) is 15.0 Å². The molecule has 0 unspecified atom stereocenters. The second kappa shape index (κ2) is 5.09.